The number of carbonyl (C=O) groups excluding carboxylic acids is 2. The van der Waals surface area contributed by atoms with Crippen LogP contribution in [0, 0.1) is 0 Å². The van der Waals surface area contributed by atoms with Crippen LogP contribution < -0.4 is 0 Å². The number of pyridine rings is 2. The molecule has 2 aliphatic rings. The third-order valence-electron chi connectivity index (χ3n) is 9.58. The third-order valence-corrected chi connectivity index (χ3v) is 9.58. The van der Waals surface area contributed by atoms with Crippen LogP contribution in [0.15, 0.2) is 122 Å². The molecule has 1 N–H and O–H groups in total. The summed E-state index contributed by atoms with van der Waals surface area (Å²) in [6, 6.07) is 32.7. The minimum Gasteiger partial charge on any atom is -0.390 e. The zero-order valence-corrected chi connectivity index (χ0v) is 25.9. The molecule has 1 saturated carbocycles. The lowest BCUT2D eigenvalue weighted by atomic mass is 9.61. The number of nitrogens with zero attached hydrogens (tertiary/aromatic N) is 6. The standard InChI is InChI=1S/C39H28N6O3/c1-38(48)22-39(23-38,44-36(46)29-9-5-6-10-30(29)37(44)47)28-13-11-26(12-14-28)34-31(24-7-3-2-4-8-24)19-27-21-41-33-20-32(25-15-17-40-18-16-25)43-45(33)35(27)42-34/h2-21,48H,22-23H2,1H3/t38-,39-. The summed E-state index contributed by atoms with van der Waals surface area (Å²) in [6.45, 7) is 1.74. The highest BCUT2D eigenvalue weighted by Crippen LogP contribution is 2.54. The monoisotopic (exact) mass is 628 g/mol. The van der Waals surface area contributed by atoms with Gasteiger partial charge in [-0.2, -0.15) is 9.61 Å². The lowest BCUT2D eigenvalue weighted by molar-refractivity contribution is -0.118. The Bertz CT molecular complexity index is 2380. The van der Waals surface area contributed by atoms with Crippen molar-refractivity contribution >= 4 is 28.5 Å². The van der Waals surface area contributed by atoms with E-state index in [2.05, 4.69) is 28.2 Å². The predicted octanol–water partition coefficient (Wildman–Crippen LogP) is 6.71. The topological polar surface area (TPSA) is 114 Å². The molecule has 9 nitrogen and oxygen atoms in total. The van der Waals surface area contributed by atoms with Crippen molar-refractivity contribution in [1.82, 2.24) is 29.5 Å². The summed E-state index contributed by atoms with van der Waals surface area (Å²) < 4.78 is 1.77. The maximum atomic E-state index is 13.6. The molecular weight excluding hydrogens is 600 g/mol. The highest BCUT2D eigenvalue weighted by atomic mass is 16.3. The Labute approximate surface area is 275 Å². The van der Waals surface area contributed by atoms with Gasteiger partial charge in [0, 0.05) is 59.6 Å². The fourth-order valence-corrected chi connectivity index (χ4v) is 7.48. The number of carbonyl (C=O) groups is 2. The average Bonchev–Trinajstić information content (AvgIpc) is 3.66. The summed E-state index contributed by atoms with van der Waals surface area (Å²) >= 11 is 0. The number of hydrogen-bond acceptors (Lipinski definition) is 7. The van der Waals surface area contributed by atoms with Crippen LogP contribution in [0.5, 0.6) is 0 Å². The minimum atomic E-state index is -1.01. The molecule has 1 aliphatic heterocycles. The predicted molar refractivity (Wildman–Crippen MR) is 181 cm³/mol. The van der Waals surface area contributed by atoms with Crippen LogP contribution in [-0.2, 0) is 5.54 Å². The Hall–Kier alpha value is -6.06. The Morgan fingerprint density at radius 2 is 1.40 bits per heavy atom. The van der Waals surface area contributed by atoms with Gasteiger partial charge in [-0.15, -0.1) is 0 Å². The molecule has 4 aromatic heterocycles. The Morgan fingerprint density at radius 1 is 0.729 bits per heavy atom. The van der Waals surface area contributed by atoms with Crippen LogP contribution >= 0.6 is 0 Å². The maximum Gasteiger partial charge on any atom is 0.262 e. The molecule has 1 aliphatic carbocycles. The third kappa shape index (κ3) is 4.21. The zero-order chi connectivity index (χ0) is 32.6. The van der Waals surface area contributed by atoms with E-state index in [0.29, 0.717) is 22.4 Å². The molecule has 2 amide bonds. The van der Waals surface area contributed by atoms with Crippen molar-refractivity contribution < 1.29 is 14.7 Å². The summed E-state index contributed by atoms with van der Waals surface area (Å²) in [5.41, 5.74) is 6.18. The van der Waals surface area contributed by atoms with E-state index in [1.807, 2.05) is 66.9 Å². The molecule has 0 bridgehead atoms. The lowest BCUT2D eigenvalue weighted by Gasteiger charge is -2.55. The SMILES string of the molecule is C[C@]1(O)C[C@](c2ccc(-c3nc4c(cnc5cc(-c6ccncc6)nn54)cc3-c3ccccc3)cc2)(N2C(=O)c3ccccc3C2=O)C1. The maximum absolute atomic E-state index is 13.6. The van der Waals surface area contributed by atoms with Gasteiger partial charge in [0.05, 0.1) is 33.7 Å². The molecule has 3 aromatic carbocycles. The number of amides is 2. The number of hydrogen-bond donors (Lipinski definition) is 1. The molecule has 0 unspecified atom stereocenters. The van der Waals surface area contributed by atoms with Crippen molar-refractivity contribution in [1.29, 1.82) is 0 Å². The number of rotatable bonds is 5. The number of aromatic nitrogens is 5. The fraction of sp³-hybridized carbons (Fsp3) is 0.128. The van der Waals surface area contributed by atoms with E-state index in [-0.39, 0.29) is 24.7 Å². The molecule has 5 heterocycles. The summed E-state index contributed by atoms with van der Waals surface area (Å²) in [7, 11) is 0. The minimum absolute atomic E-state index is 0.248. The molecule has 0 saturated heterocycles. The van der Waals surface area contributed by atoms with Crippen LogP contribution in [0.1, 0.15) is 46.0 Å². The van der Waals surface area contributed by atoms with Gasteiger partial charge in [0.2, 0.25) is 0 Å². The van der Waals surface area contributed by atoms with E-state index >= 15 is 0 Å². The smallest absolute Gasteiger partial charge is 0.262 e. The van der Waals surface area contributed by atoms with Crippen molar-refractivity contribution in [2.75, 3.05) is 0 Å². The molecule has 0 atom stereocenters. The summed E-state index contributed by atoms with van der Waals surface area (Å²) in [4.78, 5) is 42.7. The Kier molecular flexibility index (Phi) is 6.00. The Morgan fingerprint density at radius 3 is 2.06 bits per heavy atom. The van der Waals surface area contributed by atoms with E-state index in [4.69, 9.17) is 10.1 Å². The van der Waals surface area contributed by atoms with Crippen LogP contribution in [-0.4, -0.2) is 52.0 Å². The highest BCUT2D eigenvalue weighted by Gasteiger charge is 2.60. The van der Waals surface area contributed by atoms with Gasteiger partial charge < -0.3 is 5.11 Å². The first kappa shape index (κ1) is 28.2. The quantitative estimate of drug-likeness (QED) is 0.211. The van der Waals surface area contributed by atoms with Crippen molar-refractivity contribution in [2.24, 2.45) is 0 Å². The second kappa shape index (κ2) is 10.2. The van der Waals surface area contributed by atoms with Gasteiger partial charge in [0.15, 0.2) is 11.3 Å². The van der Waals surface area contributed by atoms with Gasteiger partial charge in [-0.3, -0.25) is 19.5 Å². The zero-order valence-electron chi connectivity index (χ0n) is 25.9. The normalized spacial score (nSPS) is 20.3. The molecule has 9 rings (SSSR count). The molecular formula is C39H28N6O3. The van der Waals surface area contributed by atoms with Gasteiger partial charge in [-0.1, -0.05) is 66.7 Å². The molecule has 48 heavy (non-hydrogen) atoms. The number of aliphatic hydroxyl groups is 1. The lowest BCUT2D eigenvalue weighted by Crippen LogP contribution is -2.63. The van der Waals surface area contributed by atoms with E-state index in [0.717, 1.165) is 44.6 Å². The molecule has 1 fully saturated rings. The highest BCUT2D eigenvalue weighted by molar-refractivity contribution is 6.22. The van der Waals surface area contributed by atoms with Gasteiger partial charge in [-0.25, -0.2) is 9.97 Å². The van der Waals surface area contributed by atoms with E-state index < -0.39 is 11.1 Å². The summed E-state index contributed by atoms with van der Waals surface area (Å²) in [5.74, 6) is -0.665. The first-order valence-corrected chi connectivity index (χ1v) is 15.8. The van der Waals surface area contributed by atoms with Gasteiger partial charge in [0.1, 0.15) is 0 Å². The largest absolute Gasteiger partial charge is 0.390 e. The molecule has 7 aromatic rings. The van der Waals surface area contributed by atoms with Crippen LogP contribution in [0.25, 0.3) is 50.3 Å². The molecule has 0 spiro atoms. The first-order chi connectivity index (χ1) is 23.3. The van der Waals surface area contributed by atoms with Crippen LogP contribution in [0.3, 0.4) is 0 Å². The van der Waals surface area contributed by atoms with E-state index in [1.54, 1.807) is 48.1 Å². The summed E-state index contributed by atoms with van der Waals surface area (Å²) in [5, 5.41) is 16.7. The van der Waals surface area contributed by atoms with Crippen molar-refractivity contribution in [3.05, 3.63) is 138 Å². The van der Waals surface area contributed by atoms with Crippen molar-refractivity contribution in [3.63, 3.8) is 0 Å². The van der Waals surface area contributed by atoms with Crippen molar-refractivity contribution in [2.45, 2.75) is 30.9 Å². The Balaban J connectivity index is 1.18. The second-order valence-corrected chi connectivity index (χ2v) is 12.9. The van der Waals surface area contributed by atoms with E-state index in [9.17, 15) is 14.7 Å². The number of benzene rings is 3. The van der Waals surface area contributed by atoms with Gasteiger partial charge in [0.25, 0.3) is 11.8 Å². The van der Waals surface area contributed by atoms with E-state index in [1.165, 1.54) is 4.90 Å². The average molecular weight is 629 g/mol. The summed E-state index contributed by atoms with van der Waals surface area (Å²) in [6.07, 6.45) is 5.79. The fourth-order valence-electron chi connectivity index (χ4n) is 7.48. The number of fused-ring (bicyclic) bond motifs is 4. The molecule has 0 radical (unpaired) electrons. The number of imide groups is 1. The second-order valence-electron chi connectivity index (χ2n) is 12.9. The van der Waals surface area contributed by atoms with Crippen molar-refractivity contribution in [3.8, 4) is 33.6 Å². The molecule has 9 heteroatoms. The van der Waals surface area contributed by atoms with Gasteiger partial charge in [-0.05, 0) is 48.4 Å². The van der Waals surface area contributed by atoms with Gasteiger partial charge >= 0.3 is 0 Å². The van der Waals surface area contributed by atoms with Crippen LogP contribution in [0.2, 0.25) is 0 Å². The van der Waals surface area contributed by atoms with Crippen LogP contribution in [0.4, 0.5) is 0 Å². The first-order valence-electron chi connectivity index (χ1n) is 15.8. The molecule has 232 valence electrons.